The van der Waals surface area contributed by atoms with E-state index in [1.165, 1.54) is 56.3 Å². The second-order valence-electron chi connectivity index (χ2n) is 7.68. The topological polar surface area (TPSA) is 59.5 Å². The molecule has 0 N–H and O–H groups in total. The van der Waals surface area contributed by atoms with Crippen LogP contribution in [0.15, 0.2) is 5.38 Å². The van der Waals surface area contributed by atoms with Gasteiger partial charge in [0.1, 0.15) is 5.01 Å². The third kappa shape index (κ3) is 7.53. The van der Waals surface area contributed by atoms with Gasteiger partial charge in [-0.1, -0.05) is 58.3 Å². The molecule has 0 atom stereocenters. The fraction of sp³-hybridized carbons (Fsp3) is 0.773. The Hall–Kier alpha value is -1.43. The van der Waals surface area contributed by atoms with Crippen molar-refractivity contribution in [1.82, 2.24) is 9.88 Å². The van der Waals surface area contributed by atoms with Crippen LogP contribution in [0.1, 0.15) is 106 Å². The molecule has 5 nitrogen and oxygen atoms in total. The maximum absolute atomic E-state index is 13.0. The average molecular weight is 409 g/mol. The molecule has 28 heavy (non-hydrogen) atoms. The molecule has 0 radical (unpaired) electrons. The van der Waals surface area contributed by atoms with Gasteiger partial charge in [0, 0.05) is 17.8 Å². The molecule has 1 heterocycles. The summed E-state index contributed by atoms with van der Waals surface area (Å²) in [5.41, 5.74) is 0.355. The molecule has 0 aromatic carbocycles. The van der Waals surface area contributed by atoms with Crippen molar-refractivity contribution in [3.05, 3.63) is 16.1 Å². The van der Waals surface area contributed by atoms with E-state index in [4.69, 9.17) is 4.74 Å². The molecule has 6 heteroatoms. The lowest BCUT2D eigenvalue weighted by molar-refractivity contribution is -0.135. The van der Waals surface area contributed by atoms with Crippen molar-refractivity contribution in [3.8, 4) is 0 Å². The van der Waals surface area contributed by atoms with Gasteiger partial charge in [0.2, 0.25) is 5.91 Å². The van der Waals surface area contributed by atoms with Crippen molar-refractivity contribution in [2.45, 2.75) is 103 Å². The molecule has 0 unspecified atom stereocenters. The zero-order valence-corrected chi connectivity index (χ0v) is 18.4. The van der Waals surface area contributed by atoms with Crippen molar-refractivity contribution in [3.63, 3.8) is 0 Å². The number of unbranched alkanes of at least 4 members (excludes halogenated alkanes) is 5. The van der Waals surface area contributed by atoms with Crippen LogP contribution in [0.5, 0.6) is 0 Å². The number of ether oxygens (including phenoxy) is 1. The minimum absolute atomic E-state index is 0.246. The van der Waals surface area contributed by atoms with Crippen LogP contribution in [0.3, 0.4) is 0 Å². The average Bonchev–Trinajstić information content (AvgIpc) is 3.18. The quantitative estimate of drug-likeness (QED) is 0.327. The number of carbonyl (C=O) groups excluding carboxylic acids is 2. The van der Waals surface area contributed by atoms with Gasteiger partial charge in [-0.25, -0.2) is 9.78 Å². The van der Waals surface area contributed by atoms with E-state index in [0.29, 0.717) is 31.3 Å². The molecule has 0 bridgehead atoms. The summed E-state index contributed by atoms with van der Waals surface area (Å²) in [6.07, 6.45) is 13.6. The number of nitrogens with zero attached hydrogens (tertiary/aromatic N) is 2. The summed E-state index contributed by atoms with van der Waals surface area (Å²) in [4.78, 5) is 31.3. The number of esters is 1. The van der Waals surface area contributed by atoms with Gasteiger partial charge in [-0.15, -0.1) is 11.3 Å². The van der Waals surface area contributed by atoms with Crippen molar-refractivity contribution in [2.24, 2.45) is 0 Å². The zero-order valence-electron chi connectivity index (χ0n) is 17.6. The highest BCUT2D eigenvalue weighted by Gasteiger charge is 2.26. The van der Waals surface area contributed by atoms with E-state index < -0.39 is 0 Å². The SMILES string of the molecule is CCCCCCCCC(=O)N(Cc1nc(C(=O)OCC)cs1)C1CCCCC1. The predicted octanol–water partition coefficient (Wildman–Crippen LogP) is 5.73. The highest BCUT2D eigenvalue weighted by atomic mass is 32.1. The predicted molar refractivity (Wildman–Crippen MR) is 113 cm³/mol. The highest BCUT2D eigenvalue weighted by Crippen LogP contribution is 2.26. The van der Waals surface area contributed by atoms with E-state index in [9.17, 15) is 9.59 Å². The van der Waals surface area contributed by atoms with E-state index in [-0.39, 0.29) is 11.9 Å². The van der Waals surface area contributed by atoms with Gasteiger partial charge in [0.05, 0.1) is 13.2 Å². The number of carbonyl (C=O) groups is 2. The summed E-state index contributed by atoms with van der Waals surface area (Å²) in [6.45, 7) is 4.87. The van der Waals surface area contributed by atoms with Crippen molar-refractivity contribution in [2.75, 3.05) is 6.61 Å². The van der Waals surface area contributed by atoms with Crippen molar-refractivity contribution < 1.29 is 14.3 Å². The number of amides is 1. The van der Waals surface area contributed by atoms with Crippen LogP contribution in [-0.4, -0.2) is 34.4 Å². The summed E-state index contributed by atoms with van der Waals surface area (Å²) in [7, 11) is 0. The lowest BCUT2D eigenvalue weighted by Gasteiger charge is -2.34. The molecule has 1 aromatic heterocycles. The van der Waals surface area contributed by atoms with Crippen molar-refractivity contribution >= 4 is 23.2 Å². The third-order valence-corrected chi connectivity index (χ3v) is 6.26. The fourth-order valence-electron chi connectivity index (χ4n) is 3.84. The Bertz CT molecular complexity index is 596. The first kappa shape index (κ1) is 22.9. The summed E-state index contributed by atoms with van der Waals surface area (Å²) in [5.74, 6) is -0.136. The van der Waals surface area contributed by atoms with Gasteiger partial charge < -0.3 is 9.64 Å². The maximum Gasteiger partial charge on any atom is 0.357 e. The van der Waals surface area contributed by atoms with Gasteiger partial charge in [0.25, 0.3) is 0 Å². The van der Waals surface area contributed by atoms with E-state index in [0.717, 1.165) is 30.7 Å². The summed E-state index contributed by atoms with van der Waals surface area (Å²) in [5, 5.41) is 2.56. The van der Waals surface area contributed by atoms with Gasteiger partial charge in [-0.2, -0.15) is 0 Å². The Morgan fingerprint density at radius 1 is 1.11 bits per heavy atom. The van der Waals surface area contributed by atoms with Crippen molar-refractivity contribution in [1.29, 1.82) is 0 Å². The molecule has 1 amide bonds. The summed E-state index contributed by atoms with van der Waals surface area (Å²) in [6, 6.07) is 0.316. The molecule has 2 rings (SSSR count). The Morgan fingerprint density at radius 3 is 2.54 bits per heavy atom. The number of hydrogen-bond donors (Lipinski definition) is 0. The largest absolute Gasteiger partial charge is 0.461 e. The monoisotopic (exact) mass is 408 g/mol. The van der Waals surface area contributed by atoms with Crippen LogP contribution in [-0.2, 0) is 16.1 Å². The lowest BCUT2D eigenvalue weighted by Crippen LogP contribution is -2.40. The van der Waals surface area contributed by atoms with Gasteiger partial charge in [-0.05, 0) is 26.2 Å². The summed E-state index contributed by atoms with van der Waals surface area (Å²) < 4.78 is 5.03. The van der Waals surface area contributed by atoms with Gasteiger partial charge in [-0.3, -0.25) is 4.79 Å². The minimum atomic E-state index is -0.382. The molecular weight excluding hydrogens is 372 g/mol. The summed E-state index contributed by atoms with van der Waals surface area (Å²) >= 11 is 1.45. The Labute approximate surface area is 173 Å². The number of thiazole rings is 1. The standard InChI is InChI=1S/C22H36N2O3S/c1-3-5-6-7-8-12-15-21(25)24(18-13-10-9-11-14-18)16-20-23-19(17-28-20)22(26)27-4-2/h17-18H,3-16H2,1-2H3. The van der Waals surface area contributed by atoms with Crippen LogP contribution in [0.25, 0.3) is 0 Å². The molecule has 1 saturated carbocycles. The minimum Gasteiger partial charge on any atom is -0.461 e. The van der Waals surface area contributed by atoms with Crippen LogP contribution in [0.4, 0.5) is 0 Å². The smallest absolute Gasteiger partial charge is 0.357 e. The first-order chi connectivity index (χ1) is 13.7. The second-order valence-corrected chi connectivity index (χ2v) is 8.62. The van der Waals surface area contributed by atoms with E-state index in [2.05, 4.69) is 11.9 Å². The van der Waals surface area contributed by atoms with E-state index in [1.807, 2.05) is 4.90 Å². The molecule has 1 aromatic rings. The third-order valence-electron chi connectivity index (χ3n) is 5.42. The molecule has 158 valence electrons. The molecule has 0 spiro atoms. The normalized spacial score (nSPS) is 14.8. The van der Waals surface area contributed by atoms with Crippen LogP contribution in [0, 0.1) is 0 Å². The maximum atomic E-state index is 13.0. The van der Waals surface area contributed by atoms with Crippen LogP contribution >= 0.6 is 11.3 Å². The first-order valence-corrected chi connectivity index (χ1v) is 11.9. The first-order valence-electron chi connectivity index (χ1n) is 11.1. The molecular formula is C22H36N2O3S. The highest BCUT2D eigenvalue weighted by molar-refractivity contribution is 7.09. The molecule has 1 aliphatic carbocycles. The molecule has 1 fully saturated rings. The molecule has 0 aliphatic heterocycles. The molecule has 1 aliphatic rings. The van der Waals surface area contributed by atoms with E-state index >= 15 is 0 Å². The van der Waals surface area contributed by atoms with Crippen LogP contribution < -0.4 is 0 Å². The zero-order chi connectivity index (χ0) is 20.2. The number of aromatic nitrogens is 1. The Morgan fingerprint density at radius 2 is 1.82 bits per heavy atom. The van der Waals surface area contributed by atoms with E-state index in [1.54, 1.807) is 12.3 Å². The lowest BCUT2D eigenvalue weighted by atomic mass is 9.93. The number of hydrogen-bond acceptors (Lipinski definition) is 5. The van der Waals surface area contributed by atoms with Gasteiger partial charge in [0.15, 0.2) is 5.69 Å². The van der Waals surface area contributed by atoms with Gasteiger partial charge >= 0.3 is 5.97 Å². The molecule has 0 saturated heterocycles. The Kier molecular flexibility index (Phi) is 10.5. The fourth-order valence-corrected chi connectivity index (χ4v) is 4.60. The van der Waals surface area contributed by atoms with Crippen LogP contribution in [0.2, 0.25) is 0 Å². The number of rotatable bonds is 12. The Balaban J connectivity index is 1.93. The second kappa shape index (κ2) is 12.9.